The minimum Gasteiger partial charge on any atom is -0.489 e. The van der Waals surface area contributed by atoms with Crippen molar-refractivity contribution in [3.05, 3.63) is 64.5 Å². The van der Waals surface area contributed by atoms with Crippen molar-refractivity contribution < 1.29 is 9.47 Å². The number of hydrogen-bond donors (Lipinski definition) is 1. The number of nitriles is 1. The fourth-order valence-corrected chi connectivity index (χ4v) is 4.46. The lowest BCUT2D eigenvalue weighted by Gasteiger charge is -2.24. The van der Waals surface area contributed by atoms with Crippen molar-refractivity contribution in [3.63, 3.8) is 0 Å². The first-order valence-electron chi connectivity index (χ1n) is 10.7. The molecule has 1 fully saturated rings. The third-order valence-electron chi connectivity index (χ3n) is 6.10. The minimum absolute atomic E-state index is 0.116. The van der Waals surface area contributed by atoms with Gasteiger partial charge in [-0.15, -0.1) is 0 Å². The molecule has 0 unspecified atom stereocenters. The van der Waals surface area contributed by atoms with Crippen molar-refractivity contribution in [3.8, 4) is 22.9 Å². The van der Waals surface area contributed by atoms with Crippen LogP contribution in [0.2, 0.25) is 0 Å². The van der Waals surface area contributed by atoms with E-state index < -0.39 is 0 Å². The van der Waals surface area contributed by atoms with E-state index in [1.807, 2.05) is 24.4 Å². The lowest BCUT2D eigenvalue weighted by atomic mass is 9.98. The van der Waals surface area contributed by atoms with Gasteiger partial charge in [-0.1, -0.05) is 12.1 Å². The van der Waals surface area contributed by atoms with Crippen LogP contribution in [0.1, 0.15) is 36.1 Å². The summed E-state index contributed by atoms with van der Waals surface area (Å²) in [7, 11) is 0. The highest BCUT2D eigenvalue weighted by atomic mass is 16.5. The van der Waals surface area contributed by atoms with E-state index >= 15 is 0 Å². The Morgan fingerprint density at radius 2 is 2.07 bits per heavy atom. The third kappa shape index (κ3) is 3.77. The van der Waals surface area contributed by atoms with Gasteiger partial charge in [0.05, 0.1) is 24.5 Å². The Bertz CT molecular complexity index is 1060. The first-order chi connectivity index (χ1) is 14.8. The maximum Gasteiger partial charge on any atom is 0.137 e. The Kier molecular flexibility index (Phi) is 5.35. The summed E-state index contributed by atoms with van der Waals surface area (Å²) in [4.78, 5) is 4.63. The second-order valence-electron chi connectivity index (χ2n) is 8.00. The zero-order valence-electron chi connectivity index (χ0n) is 17.0. The van der Waals surface area contributed by atoms with E-state index in [1.54, 1.807) is 0 Å². The van der Waals surface area contributed by atoms with Gasteiger partial charge in [0.25, 0.3) is 0 Å². The van der Waals surface area contributed by atoms with Crippen molar-refractivity contribution in [1.29, 1.82) is 5.26 Å². The summed E-state index contributed by atoms with van der Waals surface area (Å²) in [6.45, 7) is 3.40. The van der Waals surface area contributed by atoms with Crippen LogP contribution in [0.15, 0.2) is 47.7 Å². The average Bonchev–Trinajstić information content (AvgIpc) is 3.25. The lowest BCUT2D eigenvalue weighted by Crippen LogP contribution is -2.26. The highest BCUT2D eigenvalue weighted by Gasteiger charge is 2.22. The SMILES string of the molecule is N#Cc1cc(-c2ccnc3c2C=C(C2=CCNCC2)C3)ccc1OC1CCOCC1. The van der Waals surface area contributed by atoms with Gasteiger partial charge in [0.1, 0.15) is 17.9 Å². The highest BCUT2D eigenvalue weighted by molar-refractivity contribution is 5.82. The van der Waals surface area contributed by atoms with Crippen LogP contribution in [0, 0.1) is 11.3 Å². The molecular weight excluding hydrogens is 374 g/mol. The molecule has 5 rings (SSSR count). The minimum atomic E-state index is 0.116. The number of benzene rings is 1. The van der Waals surface area contributed by atoms with Gasteiger partial charge in [-0.3, -0.25) is 4.98 Å². The molecule has 3 aliphatic rings. The van der Waals surface area contributed by atoms with Crippen LogP contribution in [0.4, 0.5) is 0 Å². The molecule has 152 valence electrons. The normalized spacial score (nSPS) is 18.9. The summed E-state index contributed by atoms with van der Waals surface area (Å²) in [5.41, 5.74) is 7.81. The first kappa shape index (κ1) is 19.0. The number of pyridine rings is 1. The van der Waals surface area contributed by atoms with Gasteiger partial charge in [0, 0.05) is 37.6 Å². The van der Waals surface area contributed by atoms with Crippen molar-refractivity contribution in [1.82, 2.24) is 10.3 Å². The Hall–Kier alpha value is -2.94. The van der Waals surface area contributed by atoms with E-state index in [1.165, 1.54) is 16.7 Å². The molecule has 1 aromatic heterocycles. The Balaban J connectivity index is 1.45. The number of fused-ring (bicyclic) bond motifs is 1. The highest BCUT2D eigenvalue weighted by Crippen LogP contribution is 2.37. The standard InChI is InChI=1S/C25H25N3O2/c26-16-20-13-18(1-2-25(20)30-21-6-11-29-12-7-21)22-5-10-28-24-15-19(14-23(22)24)17-3-8-27-9-4-17/h1-3,5,10,13-14,21,27H,4,6-9,11-12,15H2. The van der Waals surface area contributed by atoms with Gasteiger partial charge in [-0.2, -0.15) is 5.26 Å². The molecule has 0 radical (unpaired) electrons. The van der Waals surface area contributed by atoms with E-state index in [-0.39, 0.29) is 6.10 Å². The second-order valence-corrected chi connectivity index (χ2v) is 8.00. The van der Waals surface area contributed by atoms with Crippen molar-refractivity contribution >= 4 is 6.08 Å². The molecule has 5 nitrogen and oxygen atoms in total. The van der Waals surface area contributed by atoms with Crippen LogP contribution in [0.3, 0.4) is 0 Å². The third-order valence-corrected chi connectivity index (χ3v) is 6.10. The molecule has 30 heavy (non-hydrogen) atoms. The largest absolute Gasteiger partial charge is 0.489 e. The van der Waals surface area contributed by atoms with Crippen LogP contribution in [-0.4, -0.2) is 37.4 Å². The molecule has 1 saturated heterocycles. The number of ether oxygens (including phenoxy) is 2. The van der Waals surface area contributed by atoms with Crippen molar-refractivity contribution in [2.45, 2.75) is 31.8 Å². The zero-order valence-corrected chi connectivity index (χ0v) is 17.0. The summed E-state index contributed by atoms with van der Waals surface area (Å²) >= 11 is 0. The fraction of sp³-hybridized carbons (Fsp3) is 0.360. The number of nitrogens with one attached hydrogen (secondary N) is 1. The molecular formula is C25H25N3O2. The van der Waals surface area contributed by atoms with Crippen LogP contribution in [0.25, 0.3) is 17.2 Å². The van der Waals surface area contributed by atoms with Crippen LogP contribution in [0.5, 0.6) is 5.75 Å². The Morgan fingerprint density at radius 3 is 2.87 bits per heavy atom. The summed E-state index contributed by atoms with van der Waals surface area (Å²) in [6, 6.07) is 10.3. The van der Waals surface area contributed by atoms with E-state index in [2.05, 4.69) is 34.6 Å². The van der Waals surface area contributed by atoms with Gasteiger partial charge in [-0.05, 0) is 59.5 Å². The number of hydrogen-bond acceptors (Lipinski definition) is 5. The van der Waals surface area contributed by atoms with Gasteiger partial charge in [-0.25, -0.2) is 0 Å². The van der Waals surface area contributed by atoms with Gasteiger partial charge in [0.2, 0.25) is 0 Å². The molecule has 5 heteroatoms. The lowest BCUT2D eigenvalue weighted by molar-refractivity contribution is 0.0254. The number of aromatic nitrogens is 1. The molecule has 3 heterocycles. The molecule has 1 aromatic carbocycles. The predicted molar refractivity (Wildman–Crippen MR) is 116 cm³/mol. The summed E-state index contributed by atoms with van der Waals surface area (Å²) in [5.74, 6) is 0.662. The molecule has 2 aliphatic heterocycles. The van der Waals surface area contributed by atoms with E-state index in [9.17, 15) is 5.26 Å². The van der Waals surface area contributed by atoms with Crippen LogP contribution in [-0.2, 0) is 11.2 Å². The maximum atomic E-state index is 9.73. The monoisotopic (exact) mass is 399 g/mol. The summed E-state index contributed by atoms with van der Waals surface area (Å²) in [6.07, 6.45) is 10.2. The molecule has 0 bridgehead atoms. The van der Waals surface area contributed by atoms with Gasteiger partial charge in [0.15, 0.2) is 0 Å². The fourth-order valence-electron chi connectivity index (χ4n) is 4.46. The first-order valence-corrected chi connectivity index (χ1v) is 10.7. The molecule has 0 saturated carbocycles. The molecule has 0 atom stereocenters. The Labute approximate surface area is 177 Å². The van der Waals surface area contributed by atoms with E-state index in [0.29, 0.717) is 11.3 Å². The summed E-state index contributed by atoms with van der Waals surface area (Å²) < 4.78 is 11.5. The topological polar surface area (TPSA) is 67.2 Å². The maximum absolute atomic E-state index is 9.73. The number of nitrogens with zero attached hydrogens (tertiary/aromatic N) is 2. The van der Waals surface area contributed by atoms with Crippen molar-refractivity contribution in [2.75, 3.05) is 26.3 Å². The smallest absolute Gasteiger partial charge is 0.137 e. The molecule has 0 spiro atoms. The van der Waals surface area contributed by atoms with Crippen molar-refractivity contribution in [2.24, 2.45) is 0 Å². The molecule has 1 N–H and O–H groups in total. The molecule has 2 aromatic rings. The number of allylic oxidation sites excluding steroid dienone is 1. The van der Waals surface area contributed by atoms with Crippen LogP contribution >= 0.6 is 0 Å². The van der Waals surface area contributed by atoms with E-state index in [0.717, 1.165) is 68.8 Å². The average molecular weight is 399 g/mol. The predicted octanol–water partition coefficient (Wildman–Crippen LogP) is 4.04. The van der Waals surface area contributed by atoms with Gasteiger partial charge < -0.3 is 14.8 Å². The number of rotatable bonds is 4. The Morgan fingerprint density at radius 1 is 1.17 bits per heavy atom. The zero-order chi connectivity index (χ0) is 20.3. The second kappa shape index (κ2) is 8.43. The van der Waals surface area contributed by atoms with Gasteiger partial charge >= 0.3 is 0 Å². The van der Waals surface area contributed by atoms with E-state index in [4.69, 9.17) is 9.47 Å². The molecule has 1 aliphatic carbocycles. The van der Waals surface area contributed by atoms with Crippen LogP contribution < -0.4 is 10.1 Å². The molecule has 0 amide bonds. The summed E-state index contributed by atoms with van der Waals surface area (Å²) in [5, 5.41) is 13.1. The quantitative estimate of drug-likeness (QED) is 0.841.